The van der Waals surface area contributed by atoms with E-state index < -0.39 is 0 Å². The summed E-state index contributed by atoms with van der Waals surface area (Å²) in [5, 5.41) is 0.562. The average molecular weight is 143 g/mol. The van der Waals surface area contributed by atoms with Gasteiger partial charge in [0, 0.05) is 5.03 Å². The molecule has 0 aromatic heterocycles. The lowest BCUT2D eigenvalue weighted by Crippen LogP contribution is -1.71. The van der Waals surface area contributed by atoms with E-state index in [2.05, 4.69) is 13.2 Å². The van der Waals surface area contributed by atoms with Crippen LogP contribution in [0.1, 0.15) is 13.3 Å². The molecule has 0 N–H and O–H groups in total. The highest BCUT2D eigenvalue weighted by Gasteiger charge is 1.85. The van der Waals surface area contributed by atoms with Gasteiger partial charge in [-0.3, -0.25) is 0 Å². The van der Waals surface area contributed by atoms with E-state index in [0.717, 1.165) is 12.0 Å². The molecule has 0 heterocycles. The molecule has 0 nitrogen and oxygen atoms in total. The summed E-state index contributed by atoms with van der Waals surface area (Å²) in [6, 6.07) is 0. The maximum Gasteiger partial charge on any atom is 0.0336 e. The Kier molecular flexibility index (Phi) is 4.16. The summed E-state index contributed by atoms with van der Waals surface area (Å²) in [5.74, 6) is 0. The topological polar surface area (TPSA) is 0 Å². The predicted molar refractivity (Wildman–Crippen MR) is 43.6 cm³/mol. The van der Waals surface area contributed by atoms with Crippen LogP contribution in [0.2, 0.25) is 0 Å². The van der Waals surface area contributed by atoms with Crippen molar-refractivity contribution < 1.29 is 0 Å². The minimum atomic E-state index is 0.562. The van der Waals surface area contributed by atoms with Crippen molar-refractivity contribution in [2.45, 2.75) is 13.3 Å². The molecular formula is C8H11Cl. The van der Waals surface area contributed by atoms with Crippen LogP contribution in [0.25, 0.3) is 0 Å². The molecule has 0 fully saturated rings. The van der Waals surface area contributed by atoms with Crippen molar-refractivity contribution in [1.82, 2.24) is 0 Å². The second kappa shape index (κ2) is 4.39. The fourth-order valence-electron chi connectivity index (χ4n) is 0.506. The lowest BCUT2D eigenvalue weighted by atomic mass is 10.2. The standard InChI is InChI=1S/C8H11Cl/c1-4-8(5-2)6-7(3)9/h4,6H,1,3,5H2,2H3/b8-6+. The number of halogens is 1. The Labute approximate surface area is 61.5 Å². The van der Waals surface area contributed by atoms with Crippen LogP contribution in [0.5, 0.6) is 0 Å². The Morgan fingerprint density at radius 1 is 1.67 bits per heavy atom. The number of rotatable bonds is 3. The lowest BCUT2D eigenvalue weighted by Gasteiger charge is -1.92. The zero-order valence-electron chi connectivity index (χ0n) is 5.65. The van der Waals surface area contributed by atoms with Crippen molar-refractivity contribution in [1.29, 1.82) is 0 Å². The monoisotopic (exact) mass is 142 g/mol. The molecule has 0 radical (unpaired) electrons. The van der Waals surface area contributed by atoms with E-state index in [4.69, 9.17) is 11.6 Å². The first-order valence-corrected chi connectivity index (χ1v) is 3.26. The second-order valence-electron chi connectivity index (χ2n) is 1.72. The zero-order valence-corrected chi connectivity index (χ0v) is 6.41. The van der Waals surface area contributed by atoms with Gasteiger partial charge < -0.3 is 0 Å². The smallest absolute Gasteiger partial charge is 0.0336 e. The summed E-state index contributed by atoms with van der Waals surface area (Å²) >= 11 is 5.51. The van der Waals surface area contributed by atoms with E-state index in [0.29, 0.717) is 5.03 Å². The first kappa shape index (κ1) is 8.51. The third kappa shape index (κ3) is 4.04. The molecule has 1 heteroatoms. The van der Waals surface area contributed by atoms with Crippen molar-refractivity contribution in [2.75, 3.05) is 0 Å². The fourth-order valence-corrected chi connectivity index (χ4v) is 0.647. The van der Waals surface area contributed by atoms with E-state index in [1.165, 1.54) is 0 Å². The summed E-state index contributed by atoms with van der Waals surface area (Å²) in [6.07, 6.45) is 4.55. The molecule has 0 rings (SSSR count). The van der Waals surface area contributed by atoms with Gasteiger partial charge in [0.25, 0.3) is 0 Å². The fraction of sp³-hybridized carbons (Fsp3) is 0.250. The molecule has 9 heavy (non-hydrogen) atoms. The van der Waals surface area contributed by atoms with E-state index in [1.54, 1.807) is 6.08 Å². The maximum atomic E-state index is 5.51. The molecule has 0 saturated carbocycles. The molecule has 0 spiro atoms. The van der Waals surface area contributed by atoms with Gasteiger partial charge in [0.05, 0.1) is 0 Å². The third-order valence-corrected chi connectivity index (χ3v) is 1.12. The molecular weight excluding hydrogens is 132 g/mol. The Hall–Kier alpha value is -0.490. The van der Waals surface area contributed by atoms with E-state index in [1.807, 2.05) is 13.0 Å². The molecule has 0 atom stereocenters. The van der Waals surface area contributed by atoms with Crippen LogP contribution < -0.4 is 0 Å². The van der Waals surface area contributed by atoms with Gasteiger partial charge in [-0.05, 0) is 18.1 Å². The zero-order chi connectivity index (χ0) is 7.28. The highest BCUT2D eigenvalue weighted by molar-refractivity contribution is 6.30. The predicted octanol–water partition coefficient (Wildman–Crippen LogP) is 3.26. The first-order valence-electron chi connectivity index (χ1n) is 2.88. The second-order valence-corrected chi connectivity index (χ2v) is 2.21. The molecule has 0 aliphatic rings. The average Bonchev–Trinajstić information content (AvgIpc) is 1.82. The van der Waals surface area contributed by atoms with Gasteiger partial charge in [-0.2, -0.15) is 0 Å². The summed E-state index contributed by atoms with van der Waals surface area (Å²) in [6.45, 7) is 9.20. The third-order valence-electron chi connectivity index (χ3n) is 1.01. The minimum absolute atomic E-state index is 0.562. The van der Waals surface area contributed by atoms with Gasteiger partial charge in [-0.15, -0.1) is 0 Å². The number of allylic oxidation sites excluding steroid dienone is 4. The Balaban J connectivity index is 4.07. The molecule has 0 saturated heterocycles. The van der Waals surface area contributed by atoms with Crippen molar-refractivity contribution >= 4 is 11.6 Å². The molecule has 50 valence electrons. The molecule has 0 unspecified atom stereocenters. The van der Waals surface area contributed by atoms with Crippen LogP contribution in [0.15, 0.2) is 35.9 Å². The number of hydrogen-bond donors (Lipinski definition) is 0. The maximum absolute atomic E-state index is 5.51. The number of hydrogen-bond acceptors (Lipinski definition) is 0. The van der Waals surface area contributed by atoms with Gasteiger partial charge in [0.1, 0.15) is 0 Å². The lowest BCUT2D eigenvalue weighted by molar-refractivity contribution is 1.15. The summed E-state index contributed by atoms with van der Waals surface area (Å²) in [7, 11) is 0. The molecule has 0 aromatic carbocycles. The summed E-state index contributed by atoms with van der Waals surface area (Å²) in [4.78, 5) is 0. The van der Waals surface area contributed by atoms with Crippen LogP contribution in [0.4, 0.5) is 0 Å². The van der Waals surface area contributed by atoms with Crippen LogP contribution in [0, 0.1) is 0 Å². The highest BCUT2D eigenvalue weighted by atomic mass is 35.5. The van der Waals surface area contributed by atoms with Crippen molar-refractivity contribution in [3.05, 3.63) is 35.9 Å². The van der Waals surface area contributed by atoms with Crippen molar-refractivity contribution in [3.63, 3.8) is 0 Å². The van der Waals surface area contributed by atoms with Gasteiger partial charge in [0.2, 0.25) is 0 Å². The molecule has 0 bridgehead atoms. The molecule has 0 aliphatic carbocycles. The van der Waals surface area contributed by atoms with E-state index in [9.17, 15) is 0 Å². The van der Waals surface area contributed by atoms with Crippen LogP contribution in [-0.4, -0.2) is 0 Å². The summed E-state index contributed by atoms with van der Waals surface area (Å²) in [5.41, 5.74) is 1.12. The Bertz CT molecular complexity index is 143. The largest absolute Gasteiger partial charge is 0.0988 e. The van der Waals surface area contributed by atoms with Gasteiger partial charge in [-0.25, -0.2) is 0 Å². The molecule has 0 aromatic rings. The Morgan fingerprint density at radius 3 is 2.33 bits per heavy atom. The van der Waals surface area contributed by atoms with Crippen LogP contribution in [-0.2, 0) is 0 Å². The van der Waals surface area contributed by atoms with E-state index in [-0.39, 0.29) is 0 Å². The summed E-state index contributed by atoms with van der Waals surface area (Å²) < 4.78 is 0. The highest BCUT2D eigenvalue weighted by Crippen LogP contribution is 2.07. The van der Waals surface area contributed by atoms with Crippen molar-refractivity contribution in [2.24, 2.45) is 0 Å². The van der Waals surface area contributed by atoms with Gasteiger partial charge >= 0.3 is 0 Å². The SMILES string of the molecule is C=C/C(=C\C(=C)Cl)CC. The van der Waals surface area contributed by atoms with E-state index >= 15 is 0 Å². The minimum Gasteiger partial charge on any atom is -0.0988 e. The van der Waals surface area contributed by atoms with Gasteiger partial charge in [-0.1, -0.05) is 37.8 Å². The molecule has 0 amide bonds. The van der Waals surface area contributed by atoms with Crippen molar-refractivity contribution in [3.8, 4) is 0 Å². The van der Waals surface area contributed by atoms with Gasteiger partial charge in [0.15, 0.2) is 0 Å². The quantitative estimate of drug-likeness (QED) is 0.531. The Morgan fingerprint density at radius 2 is 2.22 bits per heavy atom. The van der Waals surface area contributed by atoms with Crippen LogP contribution >= 0.6 is 11.6 Å². The van der Waals surface area contributed by atoms with Crippen LogP contribution in [0.3, 0.4) is 0 Å². The normalized spacial score (nSPS) is 11.1. The first-order chi connectivity index (χ1) is 4.20. The molecule has 0 aliphatic heterocycles.